The predicted molar refractivity (Wildman–Crippen MR) is 110 cm³/mol. The highest BCUT2D eigenvalue weighted by Gasteiger charge is 2.19. The van der Waals surface area contributed by atoms with Gasteiger partial charge < -0.3 is 10.0 Å². The van der Waals surface area contributed by atoms with Gasteiger partial charge in [-0.25, -0.2) is 0 Å². The van der Waals surface area contributed by atoms with E-state index in [2.05, 4.69) is 68.8 Å². The molecule has 28 heavy (non-hydrogen) atoms. The zero-order chi connectivity index (χ0) is 19.3. The van der Waals surface area contributed by atoms with Gasteiger partial charge in [0.1, 0.15) is 5.82 Å². The van der Waals surface area contributed by atoms with Crippen LogP contribution in [0.1, 0.15) is 24.2 Å². The maximum Gasteiger partial charge on any atom is 0.248 e. The first-order chi connectivity index (χ1) is 13.7. The molecule has 0 amide bonds. The molecule has 0 radical (unpaired) electrons. The Morgan fingerprint density at radius 1 is 1.11 bits per heavy atom. The van der Waals surface area contributed by atoms with Crippen molar-refractivity contribution < 1.29 is 5.11 Å². The third kappa shape index (κ3) is 3.89. The summed E-state index contributed by atoms with van der Waals surface area (Å²) in [7, 11) is 0. The van der Waals surface area contributed by atoms with E-state index in [1.54, 1.807) is 0 Å². The van der Waals surface area contributed by atoms with Gasteiger partial charge in [-0.05, 0) is 16.7 Å². The minimum absolute atomic E-state index is 0.0898. The van der Waals surface area contributed by atoms with Gasteiger partial charge in [-0.3, -0.25) is 15.4 Å². The molecule has 1 aliphatic heterocycles. The van der Waals surface area contributed by atoms with Gasteiger partial charge in [0, 0.05) is 19.0 Å². The first kappa shape index (κ1) is 18.2. The van der Waals surface area contributed by atoms with Gasteiger partial charge in [-0.1, -0.05) is 61.5 Å². The number of aliphatic imine (C=N–C) groups is 1. The van der Waals surface area contributed by atoms with Crippen LogP contribution in [0, 0.1) is 0 Å². The molecule has 1 unspecified atom stereocenters. The zero-order valence-corrected chi connectivity index (χ0v) is 15.8. The van der Waals surface area contributed by atoms with E-state index in [0.717, 1.165) is 12.4 Å². The molecule has 3 aromatic rings. The number of H-pyrrole nitrogens is 1. The van der Waals surface area contributed by atoms with Gasteiger partial charge in [0.15, 0.2) is 0 Å². The van der Waals surface area contributed by atoms with E-state index >= 15 is 0 Å². The third-order valence-corrected chi connectivity index (χ3v) is 4.96. The highest BCUT2D eigenvalue weighted by Crippen LogP contribution is 2.25. The molecule has 3 N–H and O–H groups in total. The Balaban J connectivity index is 1.45. The molecule has 0 bridgehead atoms. The number of aliphatic hydroxyl groups is 1. The molecule has 0 saturated carbocycles. The number of hydrogen-bond donors (Lipinski definition) is 3. The maximum atomic E-state index is 9.14. The maximum absolute atomic E-state index is 9.14. The van der Waals surface area contributed by atoms with Crippen molar-refractivity contribution in [3.8, 4) is 11.1 Å². The molecule has 2 aromatic carbocycles. The van der Waals surface area contributed by atoms with Crippen molar-refractivity contribution in [1.82, 2.24) is 20.1 Å². The Bertz CT molecular complexity index is 935. The summed E-state index contributed by atoms with van der Waals surface area (Å²) in [4.78, 5) is 11.0. The van der Waals surface area contributed by atoms with Crippen LogP contribution in [-0.4, -0.2) is 57.4 Å². The first-order valence-electron chi connectivity index (χ1n) is 9.49. The number of anilines is 1. The first-order valence-corrected chi connectivity index (χ1v) is 9.49. The fourth-order valence-electron chi connectivity index (χ4n) is 3.32. The number of rotatable bonds is 6. The summed E-state index contributed by atoms with van der Waals surface area (Å²) in [5.74, 6) is 2.08. The Morgan fingerprint density at radius 3 is 2.61 bits per heavy atom. The van der Waals surface area contributed by atoms with Crippen molar-refractivity contribution in [2.75, 3.05) is 31.6 Å². The van der Waals surface area contributed by atoms with Gasteiger partial charge >= 0.3 is 0 Å². The van der Waals surface area contributed by atoms with Crippen LogP contribution in [0.4, 0.5) is 5.95 Å². The summed E-state index contributed by atoms with van der Waals surface area (Å²) in [6.45, 7) is 4.25. The summed E-state index contributed by atoms with van der Waals surface area (Å²) in [6.07, 6.45) is 0. The molecule has 1 aliphatic rings. The van der Waals surface area contributed by atoms with Crippen molar-refractivity contribution in [2.45, 2.75) is 12.8 Å². The Morgan fingerprint density at radius 2 is 1.86 bits per heavy atom. The van der Waals surface area contributed by atoms with Gasteiger partial charge in [0.25, 0.3) is 0 Å². The highest BCUT2D eigenvalue weighted by atomic mass is 16.3. The summed E-state index contributed by atoms with van der Waals surface area (Å²) in [5, 5.41) is 19.6. The van der Waals surface area contributed by atoms with Crippen LogP contribution in [0.5, 0.6) is 0 Å². The van der Waals surface area contributed by atoms with E-state index in [1.807, 2.05) is 23.1 Å². The van der Waals surface area contributed by atoms with E-state index in [4.69, 9.17) is 5.11 Å². The van der Waals surface area contributed by atoms with E-state index in [0.29, 0.717) is 25.0 Å². The second-order valence-corrected chi connectivity index (χ2v) is 6.79. The van der Waals surface area contributed by atoms with Gasteiger partial charge in [-0.15, -0.1) is 5.10 Å². The van der Waals surface area contributed by atoms with Crippen molar-refractivity contribution in [3.05, 3.63) is 66.0 Å². The molecular formula is C21H24N6O. The lowest BCUT2D eigenvalue weighted by Gasteiger charge is -2.18. The SMILES string of the molecule is CC(c1ccc(-c2ccccc2)cc1)c1nc(NC2=NCCN2CCO)n[nH]1. The van der Waals surface area contributed by atoms with E-state index in [1.165, 1.54) is 16.7 Å². The van der Waals surface area contributed by atoms with Crippen LogP contribution in [0.25, 0.3) is 11.1 Å². The topological polar surface area (TPSA) is 89.4 Å². The molecule has 1 aromatic heterocycles. The average Bonchev–Trinajstić information content (AvgIpc) is 3.39. The number of aromatic nitrogens is 3. The van der Waals surface area contributed by atoms with Crippen molar-refractivity contribution in [1.29, 1.82) is 0 Å². The number of β-amino-alcohol motifs (C(OH)–C–C–N with tert-alkyl or cyclic N) is 1. The van der Waals surface area contributed by atoms with Gasteiger partial charge in [-0.2, -0.15) is 4.98 Å². The molecule has 7 heteroatoms. The Hall–Kier alpha value is -3.19. The number of hydrogen-bond acceptors (Lipinski definition) is 6. The zero-order valence-electron chi connectivity index (χ0n) is 15.8. The minimum atomic E-state index is 0.0898. The average molecular weight is 376 g/mol. The number of aromatic amines is 1. The Kier molecular flexibility index (Phi) is 5.34. The van der Waals surface area contributed by atoms with Crippen LogP contribution in [-0.2, 0) is 0 Å². The lowest BCUT2D eigenvalue weighted by Crippen LogP contribution is -2.35. The molecule has 2 heterocycles. The smallest absolute Gasteiger partial charge is 0.248 e. The van der Waals surface area contributed by atoms with Crippen molar-refractivity contribution in [3.63, 3.8) is 0 Å². The summed E-state index contributed by atoms with van der Waals surface area (Å²) in [5.41, 5.74) is 3.57. The standard InChI is InChI=1S/C21H24N6O/c1-15(16-7-9-18(10-8-16)17-5-3-2-4-6-17)19-23-20(26-25-19)24-21-22-11-12-27(21)13-14-28/h2-10,15,28H,11-14H2,1H3,(H2,22,23,24,25,26). The number of guanidine groups is 1. The number of benzene rings is 2. The monoisotopic (exact) mass is 376 g/mol. The summed E-state index contributed by atoms with van der Waals surface area (Å²) in [6, 6.07) is 18.9. The van der Waals surface area contributed by atoms with Crippen LogP contribution >= 0.6 is 0 Å². The van der Waals surface area contributed by atoms with Crippen LogP contribution in [0.2, 0.25) is 0 Å². The van der Waals surface area contributed by atoms with Crippen LogP contribution in [0.3, 0.4) is 0 Å². The molecule has 7 nitrogen and oxygen atoms in total. The van der Waals surface area contributed by atoms with E-state index in [-0.39, 0.29) is 12.5 Å². The molecule has 0 fully saturated rings. The van der Waals surface area contributed by atoms with Crippen LogP contribution in [0.15, 0.2) is 59.6 Å². The lowest BCUT2D eigenvalue weighted by atomic mass is 9.97. The summed E-state index contributed by atoms with van der Waals surface area (Å²) < 4.78 is 0. The number of aliphatic hydroxyl groups excluding tert-OH is 1. The molecule has 0 saturated heterocycles. The molecule has 0 spiro atoms. The second-order valence-electron chi connectivity index (χ2n) is 6.79. The second kappa shape index (κ2) is 8.22. The molecule has 0 aliphatic carbocycles. The normalized spacial score (nSPS) is 14.8. The van der Waals surface area contributed by atoms with Gasteiger partial charge in [0.05, 0.1) is 13.2 Å². The van der Waals surface area contributed by atoms with Crippen molar-refractivity contribution in [2.24, 2.45) is 4.99 Å². The lowest BCUT2D eigenvalue weighted by molar-refractivity contribution is 0.256. The predicted octanol–water partition coefficient (Wildman–Crippen LogP) is 2.70. The Labute approximate surface area is 164 Å². The fourth-order valence-corrected chi connectivity index (χ4v) is 3.32. The fraction of sp³-hybridized carbons (Fsp3) is 0.286. The molecule has 1 atom stereocenters. The summed E-state index contributed by atoms with van der Waals surface area (Å²) >= 11 is 0. The van der Waals surface area contributed by atoms with E-state index in [9.17, 15) is 0 Å². The molecular weight excluding hydrogens is 352 g/mol. The third-order valence-electron chi connectivity index (χ3n) is 4.96. The molecule has 144 valence electrons. The van der Waals surface area contributed by atoms with Gasteiger partial charge in [0.2, 0.25) is 11.9 Å². The largest absolute Gasteiger partial charge is 0.395 e. The number of nitrogens with one attached hydrogen (secondary N) is 2. The quantitative estimate of drug-likeness (QED) is 0.615. The van der Waals surface area contributed by atoms with Crippen molar-refractivity contribution >= 4 is 11.9 Å². The van der Waals surface area contributed by atoms with Crippen LogP contribution < -0.4 is 5.32 Å². The highest BCUT2D eigenvalue weighted by molar-refractivity contribution is 5.93. The number of nitrogens with zero attached hydrogens (tertiary/aromatic N) is 4. The molecule has 4 rings (SSSR count). The van der Waals surface area contributed by atoms with E-state index < -0.39 is 0 Å². The minimum Gasteiger partial charge on any atom is -0.395 e.